The Morgan fingerprint density at radius 2 is 1.94 bits per heavy atom. The molecule has 1 atom stereocenters. The Kier molecular flexibility index (Phi) is 6.65. The van der Waals surface area contributed by atoms with Crippen molar-refractivity contribution in [3.05, 3.63) is 0 Å². The molecule has 1 saturated carbocycles. The monoisotopic (exact) mass is 255 g/mol. The van der Waals surface area contributed by atoms with Crippen molar-refractivity contribution in [3.63, 3.8) is 0 Å². The van der Waals surface area contributed by atoms with Crippen molar-refractivity contribution in [1.29, 1.82) is 0 Å². The van der Waals surface area contributed by atoms with Gasteiger partial charge in [0.25, 0.3) is 5.91 Å². The smallest absolute Gasteiger partial charge is 0.251 e. The summed E-state index contributed by atoms with van der Waals surface area (Å²) in [6, 6.07) is 0.477. The number of rotatable bonds is 6. The van der Waals surface area contributed by atoms with E-state index in [4.69, 9.17) is 5.84 Å². The lowest BCUT2D eigenvalue weighted by Gasteiger charge is -2.38. The van der Waals surface area contributed by atoms with Gasteiger partial charge >= 0.3 is 0 Å². The molecule has 106 valence electrons. The van der Waals surface area contributed by atoms with Crippen molar-refractivity contribution < 1.29 is 4.79 Å². The fourth-order valence-electron chi connectivity index (χ4n) is 3.10. The van der Waals surface area contributed by atoms with Crippen LogP contribution in [0, 0.1) is 5.92 Å². The molecule has 1 amide bonds. The first-order valence-corrected chi connectivity index (χ1v) is 7.36. The lowest BCUT2D eigenvalue weighted by molar-refractivity contribution is -0.127. The van der Waals surface area contributed by atoms with E-state index in [0.29, 0.717) is 6.04 Å². The van der Waals surface area contributed by atoms with Crippen LogP contribution in [0.2, 0.25) is 0 Å². The number of carbonyl (C=O) groups excluding carboxylic acids is 1. The van der Waals surface area contributed by atoms with Crippen LogP contribution in [0.5, 0.6) is 0 Å². The topological polar surface area (TPSA) is 58.4 Å². The summed E-state index contributed by atoms with van der Waals surface area (Å²) in [4.78, 5) is 14.1. The SMILES string of the molecule is CCCC(C(=O)NN)N(C)C1CCC(CC)CC1. The molecule has 0 aromatic heterocycles. The average Bonchev–Trinajstić information content (AvgIpc) is 2.43. The van der Waals surface area contributed by atoms with Crippen molar-refractivity contribution in [2.45, 2.75) is 70.9 Å². The molecule has 0 radical (unpaired) electrons. The molecule has 1 fully saturated rings. The second kappa shape index (κ2) is 7.74. The highest BCUT2D eigenvalue weighted by atomic mass is 16.2. The van der Waals surface area contributed by atoms with Gasteiger partial charge in [-0.25, -0.2) is 5.84 Å². The highest BCUT2D eigenvalue weighted by Crippen LogP contribution is 2.30. The molecule has 0 saturated heterocycles. The van der Waals surface area contributed by atoms with Gasteiger partial charge in [-0.1, -0.05) is 26.7 Å². The third-order valence-electron chi connectivity index (χ3n) is 4.47. The van der Waals surface area contributed by atoms with E-state index in [0.717, 1.165) is 18.8 Å². The maximum absolute atomic E-state index is 11.8. The number of nitrogens with two attached hydrogens (primary N) is 1. The van der Waals surface area contributed by atoms with Crippen LogP contribution in [-0.4, -0.2) is 29.9 Å². The third kappa shape index (κ3) is 3.95. The van der Waals surface area contributed by atoms with Crippen LogP contribution in [0.25, 0.3) is 0 Å². The van der Waals surface area contributed by atoms with E-state index in [1.807, 2.05) is 0 Å². The van der Waals surface area contributed by atoms with Crippen LogP contribution >= 0.6 is 0 Å². The molecule has 0 bridgehead atoms. The predicted molar refractivity (Wildman–Crippen MR) is 74.8 cm³/mol. The fourth-order valence-corrected chi connectivity index (χ4v) is 3.10. The molecule has 0 spiro atoms. The number of hydrogen-bond donors (Lipinski definition) is 2. The number of hydrogen-bond acceptors (Lipinski definition) is 3. The van der Waals surface area contributed by atoms with Crippen molar-refractivity contribution in [3.8, 4) is 0 Å². The lowest BCUT2D eigenvalue weighted by atomic mass is 9.83. The average molecular weight is 255 g/mol. The van der Waals surface area contributed by atoms with Crippen molar-refractivity contribution in [1.82, 2.24) is 10.3 Å². The first-order chi connectivity index (χ1) is 8.63. The highest BCUT2D eigenvalue weighted by molar-refractivity contribution is 5.81. The Bertz CT molecular complexity index is 249. The number of carbonyl (C=O) groups is 1. The van der Waals surface area contributed by atoms with Gasteiger partial charge in [0.05, 0.1) is 6.04 Å². The van der Waals surface area contributed by atoms with Crippen molar-refractivity contribution >= 4 is 5.91 Å². The molecule has 0 aromatic rings. The minimum Gasteiger partial charge on any atom is -0.293 e. The van der Waals surface area contributed by atoms with Gasteiger partial charge in [-0.15, -0.1) is 0 Å². The summed E-state index contributed by atoms with van der Waals surface area (Å²) in [6.45, 7) is 4.38. The zero-order valence-corrected chi connectivity index (χ0v) is 12.1. The van der Waals surface area contributed by atoms with Gasteiger partial charge in [-0.3, -0.25) is 15.1 Å². The minimum atomic E-state index is -0.0665. The number of nitrogens with zero attached hydrogens (tertiary/aromatic N) is 1. The Morgan fingerprint density at radius 3 is 2.39 bits per heavy atom. The molecular weight excluding hydrogens is 226 g/mol. The first kappa shape index (κ1) is 15.4. The number of amides is 1. The van der Waals surface area contributed by atoms with Crippen LogP contribution in [0.4, 0.5) is 0 Å². The molecule has 1 unspecified atom stereocenters. The number of nitrogens with one attached hydrogen (secondary N) is 1. The van der Waals surface area contributed by atoms with Gasteiger partial charge in [0.15, 0.2) is 0 Å². The van der Waals surface area contributed by atoms with E-state index < -0.39 is 0 Å². The Balaban J connectivity index is 2.55. The molecule has 4 heteroatoms. The minimum absolute atomic E-state index is 0.0445. The third-order valence-corrected chi connectivity index (χ3v) is 4.47. The zero-order valence-electron chi connectivity index (χ0n) is 12.1. The van der Waals surface area contributed by atoms with Crippen LogP contribution in [0.1, 0.15) is 58.8 Å². The van der Waals surface area contributed by atoms with Gasteiger partial charge in [-0.2, -0.15) is 0 Å². The summed E-state index contributed by atoms with van der Waals surface area (Å²) in [5, 5.41) is 0. The van der Waals surface area contributed by atoms with Crippen LogP contribution in [-0.2, 0) is 4.79 Å². The van der Waals surface area contributed by atoms with Gasteiger partial charge in [0.2, 0.25) is 0 Å². The maximum Gasteiger partial charge on any atom is 0.251 e. The molecule has 0 heterocycles. The summed E-state index contributed by atoms with van der Waals surface area (Å²) in [6.07, 6.45) is 8.21. The van der Waals surface area contributed by atoms with Gasteiger partial charge in [-0.05, 0) is 45.1 Å². The second-order valence-corrected chi connectivity index (χ2v) is 5.56. The molecular formula is C14H29N3O. The van der Waals surface area contributed by atoms with Gasteiger partial charge < -0.3 is 0 Å². The number of likely N-dealkylation sites (N-methyl/N-ethyl adjacent to an activating group) is 1. The van der Waals surface area contributed by atoms with E-state index >= 15 is 0 Å². The van der Waals surface area contributed by atoms with Crippen LogP contribution in [0.3, 0.4) is 0 Å². The Morgan fingerprint density at radius 1 is 1.33 bits per heavy atom. The lowest BCUT2D eigenvalue weighted by Crippen LogP contribution is -2.51. The number of hydrazine groups is 1. The summed E-state index contributed by atoms with van der Waals surface area (Å²) < 4.78 is 0. The normalized spacial score (nSPS) is 26.1. The second-order valence-electron chi connectivity index (χ2n) is 5.56. The quantitative estimate of drug-likeness (QED) is 0.434. The molecule has 3 N–H and O–H groups in total. The van der Waals surface area contributed by atoms with Crippen LogP contribution in [0.15, 0.2) is 0 Å². The molecule has 1 aliphatic carbocycles. The van der Waals surface area contributed by atoms with Crippen molar-refractivity contribution in [2.24, 2.45) is 11.8 Å². The Labute approximate surface area is 111 Å². The standard InChI is InChI=1S/C14H29N3O/c1-4-6-13(14(18)16-15)17(3)12-9-7-11(5-2)8-10-12/h11-13H,4-10,15H2,1-3H3,(H,16,18). The van der Waals surface area contributed by atoms with E-state index in [1.165, 1.54) is 32.1 Å². The summed E-state index contributed by atoms with van der Waals surface area (Å²) in [5.74, 6) is 6.13. The van der Waals surface area contributed by atoms with E-state index in [9.17, 15) is 4.79 Å². The fraction of sp³-hybridized carbons (Fsp3) is 0.929. The Hall–Kier alpha value is -0.610. The van der Waals surface area contributed by atoms with E-state index in [2.05, 4.69) is 31.2 Å². The molecule has 4 nitrogen and oxygen atoms in total. The van der Waals surface area contributed by atoms with Gasteiger partial charge in [0.1, 0.15) is 0 Å². The summed E-state index contributed by atoms with van der Waals surface area (Å²) >= 11 is 0. The molecule has 0 aliphatic heterocycles. The summed E-state index contributed by atoms with van der Waals surface area (Å²) in [5.41, 5.74) is 2.31. The zero-order chi connectivity index (χ0) is 13.5. The van der Waals surface area contributed by atoms with E-state index in [1.54, 1.807) is 0 Å². The largest absolute Gasteiger partial charge is 0.293 e. The molecule has 1 aliphatic rings. The maximum atomic E-state index is 11.8. The first-order valence-electron chi connectivity index (χ1n) is 7.36. The van der Waals surface area contributed by atoms with Gasteiger partial charge in [0, 0.05) is 6.04 Å². The summed E-state index contributed by atoms with van der Waals surface area (Å²) in [7, 11) is 2.08. The molecule has 0 aromatic carbocycles. The molecule has 18 heavy (non-hydrogen) atoms. The predicted octanol–water partition coefficient (Wildman–Crippen LogP) is 2.05. The molecule has 1 rings (SSSR count). The van der Waals surface area contributed by atoms with Crippen LogP contribution < -0.4 is 11.3 Å². The van der Waals surface area contributed by atoms with Crippen molar-refractivity contribution in [2.75, 3.05) is 7.05 Å². The highest BCUT2D eigenvalue weighted by Gasteiger charge is 2.30. The van der Waals surface area contributed by atoms with E-state index in [-0.39, 0.29) is 11.9 Å².